The number of carbonyl (C=O) groups excluding carboxylic acids is 1. The fourth-order valence-corrected chi connectivity index (χ4v) is 3.89. The second kappa shape index (κ2) is 8.44. The Bertz CT molecular complexity index is 723. The third kappa shape index (κ3) is 4.45. The van der Waals surface area contributed by atoms with Crippen LogP contribution in [0.1, 0.15) is 12.0 Å². The predicted molar refractivity (Wildman–Crippen MR) is 98.8 cm³/mol. The highest BCUT2D eigenvalue weighted by Crippen LogP contribution is 2.33. The molecule has 3 rings (SSSR count). The highest BCUT2D eigenvalue weighted by molar-refractivity contribution is 9.10. The van der Waals surface area contributed by atoms with Gasteiger partial charge in [-0.05, 0) is 34.1 Å². The molecule has 0 aliphatic carbocycles. The second-order valence-corrected chi connectivity index (χ2v) is 7.24. The van der Waals surface area contributed by atoms with Crippen molar-refractivity contribution in [1.82, 2.24) is 5.32 Å². The van der Waals surface area contributed by atoms with Crippen LogP contribution in [0.2, 0.25) is 0 Å². The number of thioether (sulfide) groups is 1. The number of benzene rings is 2. The number of amides is 1. The van der Waals surface area contributed by atoms with Crippen LogP contribution in [0.4, 0.5) is 0 Å². The van der Waals surface area contributed by atoms with Crippen molar-refractivity contribution in [3.8, 4) is 11.5 Å². The van der Waals surface area contributed by atoms with Gasteiger partial charge in [-0.2, -0.15) is 0 Å². The molecule has 0 bridgehead atoms. The average molecular weight is 408 g/mol. The minimum absolute atomic E-state index is 0.0314. The Balaban J connectivity index is 1.47. The minimum Gasteiger partial charge on any atom is -0.486 e. The Morgan fingerprint density at radius 3 is 2.83 bits per heavy atom. The topological polar surface area (TPSA) is 47.6 Å². The Kier molecular flexibility index (Phi) is 6.04. The van der Waals surface area contributed by atoms with Gasteiger partial charge in [0.2, 0.25) is 5.91 Å². The summed E-state index contributed by atoms with van der Waals surface area (Å²) in [4.78, 5) is 13.2. The maximum atomic E-state index is 12.1. The molecule has 126 valence electrons. The molecule has 0 radical (unpaired) electrons. The first kappa shape index (κ1) is 17.2. The van der Waals surface area contributed by atoms with Gasteiger partial charge in [-0.1, -0.05) is 24.3 Å². The van der Waals surface area contributed by atoms with Crippen molar-refractivity contribution in [3.63, 3.8) is 0 Å². The molecule has 0 spiro atoms. The van der Waals surface area contributed by atoms with E-state index >= 15 is 0 Å². The van der Waals surface area contributed by atoms with Gasteiger partial charge in [-0.3, -0.25) is 4.79 Å². The van der Waals surface area contributed by atoms with E-state index in [1.807, 2.05) is 42.5 Å². The zero-order valence-corrected chi connectivity index (χ0v) is 15.5. The van der Waals surface area contributed by atoms with Crippen molar-refractivity contribution in [1.29, 1.82) is 0 Å². The molecule has 4 nitrogen and oxygen atoms in total. The van der Waals surface area contributed by atoms with Crippen molar-refractivity contribution < 1.29 is 14.3 Å². The molecule has 1 amide bonds. The molecule has 0 saturated heterocycles. The molecule has 2 aromatic carbocycles. The smallest absolute Gasteiger partial charge is 0.221 e. The zero-order valence-electron chi connectivity index (χ0n) is 13.1. The molecular formula is C18H18BrNO3S. The Morgan fingerprint density at radius 2 is 1.96 bits per heavy atom. The van der Waals surface area contributed by atoms with E-state index in [9.17, 15) is 4.79 Å². The van der Waals surface area contributed by atoms with Crippen LogP contribution >= 0.6 is 27.7 Å². The van der Waals surface area contributed by atoms with Crippen LogP contribution in [-0.2, 0) is 11.3 Å². The van der Waals surface area contributed by atoms with Gasteiger partial charge in [0, 0.05) is 33.7 Å². The molecule has 1 heterocycles. The van der Waals surface area contributed by atoms with Crippen molar-refractivity contribution >= 4 is 33.6 Å². The second-order valence-electron chi connectivity index (χ2n) is 5.25. The molecule has 0 aromatic heterocycles. The van der Waals surface area contributed by atoms with Crippen molar-refractivity contribution in [2.24, 2.45) is 0 Å². The van der Waals surface area contributed by atoms with Gasteiger partial charge in [-0.25, -0.2) is 0 Å². The number of ether oxygens (including phenoxy) is 2. The summed E-state index contributed by atoms with van der Waals surface area (Å²) in [6.07, 6.45) is 0.471. The average Bonchev–Trinajstić information content (AvgIpc) is 2.61. The van der Waals surface area contributed by atoms with Crippen LogP contribution < -0.4 is 14.8 Å². The summed E-state index contributed by atoms with van der Waals surface area (Å²) in [6, 6.07) is 13.8. The molecular weight excluding hydrogens is 390 g/mol. The maximum Gasteiger partial charge on any atom is 0.221 e. The minimum atomic E-state index is 0.0314. The number of hydrogen-bond donors (Lipinski definition) is 1. The molecule has 6 heteroatoms. The van der Waals surface area contributed by atoms with Crippen LogP contribution in [0.25, 0.3) is 0 Å². The van der Waals surface area contributed by atoms with E-state index in [4.69, 9.17) is 9.47 Å². The molecule has 0 unspecified atom stereocenters. The normalized spacial score (nSPS) is 12.7. The summed E-state index contributed by atoms with van der Waals surface area (Å²) in [6.45, 7) is 1.56. The SMILES string of the molecule is O=C(CCSc1ccccc1Br)NCc1cccc2c1OCCO2. The monoisotopic (exact) mass is 407 g/mol. The number of fused-ring (bicyclic) bond motifs is 1. The largest absolute Gasteiger partial charge is 0.486 e. The molecule has 1 aliphatic heterocycles. The van der Waals surface area contributed by atoms with E-state index in [2.05, 4.69) is 21.2 Å². The van der Waals surface area contributed by atoms with Crippen LogP contribution in [0.5, 0.6) is 11.5 Å². The van der Waals surface area contributed by atoms with Crippen LogP contribution in [0.15, 0.2) is 51.8 Å². The van der Waals surface area contributed by atoms with E-state index in [1.165, 1.54) is 0 Å². The fraction of sp³-hybridized carbons (Fsp3) is 0.278. The Morgan fingerprint density at radius 1 is 1.12 bits per heavy atom. The van der Waals surface area contributed by atoms with Crippen molar-refractivity contribution in [3.05, 3.63) is 52.5 Å². The summed E-state index contributed by atoms with van der Waals surface area (Å²) in [7, 11) is 0. The summed E-state index contributed by atoms with van der Waals surface area (Å²) in [5, 5.41) is 2.95. The van der Waals surface area contributed by atoms with Gasteiger partial charge in [-0.15, -0.1) is 11.8 Å². The Hall–Kier alpha value is -1.66. The van der Waals surface area contributed by atoms with Crippen LogP contribution in [0, 0.1) is 0 Å². The molecule has 0 saturated carbocycles. The quantitative estimate of drug-likeness (QED) is 0.734. The third-order valence-corrected chi connectivity index (χ3v) is 5.58. The fourth-order valence-electron chi connectivity index (χ4n) is 2.37. The molecule has 0 fully saturated rings. The summed E-state index contributed by atoms with van der Waals surface area (Å²) < 4.78 is 12.3. The van der Waals surface area contributed by atoms with Gasteiger partial charge in [0.05, 0.1) is 0 Å². The summed E-state index contributed by atoms with van der Waals surface area (Å²) in [5.41, 5.74) is 0.944. The highest BCUT2D eigenvalue weighted by Gasteiger charge is 2.15. The van der Waals surface area contributed by atoms with Gasteiger partial charge in [0.1, 0.15) is 13.2 Å². The van der Waals surface area contributed by atoms with Gasteiger partial charge >= 0.3 is 0 Å². The van der Waals surface area contributed by atoms with Gasteiger partial charge in [0.15, 0.2) is 11.5 Å². The molecule has 2 aromatic rings. The van der Waals surface area contributed by atoms with Gasteiger partial charge in [0.25, 0.3) is 0 Å². The lowest BCUT2D eigenvalue weighted by molar-refractivity contribution is -0.120. The first-order valence-corrected chi connectivity index (χ1v) is 9.53. The molecule has 0 atom stereocenters. The molecule has 24 heavy (non-hydrogen) atoms. The van der Waals surface area contributed by atoms with E-state index in [-0.39, 0.29) is 5.91 Å². The molecule has 1 N–H and O–H groups in total. The predicted octanol–water partition coefficient (Wildman–Crippen LogP) is 4.02. The first-order chi connectivity index (χ1) is 11.7. The van der Waals surface area contributed by atoms with Crippen LogP contribution in [-0.4, -0.2) is 24.9 Å². The number of nitrogens with one attached hydrogen (secondary N) is 1. The number of para-hydroxylation sites is 1. The number of carbonyl (C=O) groups is 1. The van der Waals surface area contributed by atoms with Crippen molar-refractivity contribution in [2.75, 3.05) is 19.0 Å². The molecule has 1 aliphatic rings. The lowest BCUT2D eigenvalue weighted by Crippen LogP contribution is -2.24. The van der Waals surface area contributed by atoms with Gasteiger partial charge < -0.3 is 14.8 Å². The number of hydrogen-bond acceptors (Lipinski definition) is 4. The van der Waals surface area contributed by atoms with E-state index in [0.29, 0.717) is 26.2 Å². The van der Waals surface area contributed by atoms with E-state index in [0.717, 1.165) is 32.2 Å². The Labute approximate surface area is 154 Å². The first-order valence-electron chi connectivity index (χ1n) is 7.75. The maximum absolute atomic E-state index is 12.1. The lowest BCUT2D eigenvalue weighted by atomic mass is 10.1. The standard InChI is InChI=1S/C18H18BrNO3S/c19-14-5-1-2-7-16(14)24-11-8-17(21)20-12-13-4-3-6-15-18(13)23-10-9-22-15/h1-7H,8-12H2,(H,20,21). The lowest BCUT2D eigenvalue weighted by Gasteiger charge is -2.21. The highest BCUT2D eigenvalue weighted by atomic mass is 79.9. The summed E-state index contributed by atoms with van der Waals surface area (Å²) in [5.74, 6) is 2.26. The number of halogens is 1. The third-order valence-electron chi connectivity index (χ3n) is 3.55. The number of rotatable bonds is 6. The zero-order chi connectivity index (χ0) is 16.8. The van der Waals surface area contributed by atoms with E-state index < -0.39 is 0 Å². The van der Waals surface area contributed by atoms with Crippen molar-refractivity contribution in [2.45, 2.75) is 17.9 Å². The summed E-state index contributed by atoms with van der Waals surface area (Å²) >= 11 is 5.18. The van der Waals surface area contributed by atoms with E-state index in [1.54, 1.807) is 11.8 Å². The van der Waals surface area contributed by atoms with Crippen LogP contribution in [0.3, 0.4) is 0 Å².